The SMILES string of the molecule is O=C(CCCc1ccccc1)N1CCCC[C@H]1CCn1ccnc1. The van der Waals surface area contributed by atoms with Gasteiger partial charge in [-0.05, 0) is 44.1 Å². The fourth-order valence-electron chi connectivity index (χ4n) is 3.58. The van der Waals surface area contributed by atoms with E-state index in [2.05, 4.69) is 38.7 Å². The Morgan fingerprint density at radius 3 is 2.88 bits per heavy atom. The number of likely N-dealkylation sites (tertiary alicyclic amines) is 1. The third-order valence-corrected chi connectivity index (χ3v) is 4.93. The number of carbonyl (C=O) groups excluding carboxylic acids is 1. The van der Waals surface area contributed by atoms with Crippen LogP contribution in [-0.4, -0.2) is 32.9 Å². The van der Waals surface area contributed by atoms with E-state index >= 15 is 0 Å². The molecule has 0 saturated carbocycles. The lowest BCUT2D eigenvalue weighted by molar-refractivity contribution is -0.135. The number of amides is 1. The quantitative estimate of drug-likeness (QED) is 0.779. The van der Waals surface area contributed by atoms with Gasteiger partial charge in [0.1, 0.15) is 0 Å². The molecule has 1 saturated heterocycles. The summed E-state index contributed by atoms with van der Waals surface area (Å²) in [6.07, 6.45) is 12.8. The first-order chi connectivity index (χ1) is 11.8. The highest BCUT2D eigenvalue weighted by Crippen LogP contribution is 2.22. The predicted octanol–water partition coefficient (Wildman–Crippen LogP) is 3.68. The molecule has 1 amide bonds. The number of hydrogen-bond acceptors (Lipinski definition) is 2. The molecule has 1 aromatic carbocycles. The summed E-state index contributed by atoms with van der Waals surface area (Å²) in [5.41, 5.74) is 1.32. The summed E-state index contributed by atoms with van der Waals surface area (Å²) < 4.78 is 2.10. The molecule has 2 aromatic rings. The van der Waals surface area contributed by atoms with Gasteiger partial charge in [-0.25, -0.2) is 4.98 Å². The van der Waals surface area contributed by atoms with E-state index in [1.807, 2.05) is 24.8 Å². The molecule has 4 nitrogen and oxygen atoms in total. The van der Waals surface area contributed by atoms with Crippen molar-refractivity contribution in [3.63, 3.8) is 0 Å². The maximum Gasteiger partial charge on any atom is 0.222 e. The van der Waals surface area contributed by atoms with Gasteiger partial charge in [0.2, 0.25) is 5.91 Å². The zero-order chi connectivity index (χ0) is 16.6. The van der Waals surface area contributed by atoms with Gasteiger partial charge in [0.05, 0.1) is 6.33 Å². The molecule has 24 heavy (non-hydrogen) atoms. The van der Waals surface area contributed by atoms with Crippen LogP contribution in [0.1, 0.15) is 44.1 Å². The van der Waals surface area contributed by atoms with Crippen molar-refractivity contribution in [3.05, 3.63) is 54.6 Å². The van der Waals surface area contributed by atoms with Gasteiger partial charge in [-0.2, -0.15) is 0 Å². The summed E-state index contributed by atoms with van der Waals surface area (Å²) >= 11 is 0. The second kappa shape index (κ2) is 8.67. The van der Waals surface area contributed by atoms with Crippen molar-refractivity contribution in [2.75, 3.05) is 6.54 Å². The Balaban J connectivity index is 1.47. The molecular formula is C20H27N3O. The van der Waals surface area contributed by atoms with Crippen molar-refractivity contribution in [2.24, 2.45) is 0 Å². The van der Waals surface area contributed by atoms with Crippen LogP contribution in [0, 0.1) is 0 Å². The van der Waals surface area contributed by atoms with E-state index in [1.165, 1.54) is 12.0 Å². The monoisotopic (exact) mass is 325 g/mol. The third-order valence-electron chi connectivity index (χ3n) is 4.93. The summed E-state index contributed by atoms with van der Waals surface area (Å²) in [6, 6.07) is 10.8. The molecule has 0 aliphatic carbocycles. The highest BCUT2D eigenvalue weighted by Gasteiger charge is 2.25. The van der Waals surface area contributed by atoms with Crippen molar-refractivity contribution in [3.8, 4) is 0 Å². The molecular weight excluding hydrogens is 298 g/mol. The minimum Gasteiger partial charge on any atom is -0.340 e. The molecule has 3 rings (SSSR count). The van der Waals surface area contributed by atoms with Crippen LogP contribution in [0.2, 0.25) is 0 Å². The Labute approximate surface area is 144 Å². The van der Waals surface area contributed by atoms with Gasteiger partial charge in [-0.3, -0.25) is 4.79 Å². The molecule has 1 aromatic heterocycles. The number of piperidine rings is 1. The topological polar surface area (TPSA) is 38.1 Å². The number of imidazole rings is 1. The van der Waals surface area contributed by atoms with Crippen molar-refractivity contribution < 1.29 is 4.79 Å². The second-order valence-corrected chi connectivity index (χ2v) is 6.67. The maximum atomic E-state index is 12.7. The Kier molecular flexibility index (Phi) is 6.05. The van der Waals surface area contributed by atoms with Gasteiger partial charge in [-0.15, -0.1) is 0 Å². The molecule has 0 radical (unpaired) electrons. The number of nitrogens with zero attached hydrogens (tertiary/aromatic N) is 3. The Morgan fingerprint density at radius 1 is 1.21 bits per heavy atom. The first-order valence-corrected chi connectivity index (χ1v) is 9.12. The average Bonchev–Trinajstić information content (AvgIpc) is 3.14. The Morgan fingerprint density at radius 2 is 2.08 bits per heavy atom. The highest BCUT2D eigenvalue weighted by atomic mass is 16.2. The largest absolute Gasteiger partial charge is 0.340 e. The first-order valence-electron chi connectivity index (χ1n) is 9.12. The smallest absolute Gasteiger partial charge is 0.222 e. The van der Waals surface area contributed by atoms with Crippen LogP contribution in [-0.2, 0) is 17.8 Å². The number of carbonyl (C=O) groups is 1. The molecule has 4 heteroatoms. The summed E-state index contributed by atoms with van der Waals surface area (Å²) in [6.45, 7) is 1.87. The average molecular weight is 325 g/mol. The second-order valence-electron chi connectivity index (χ2n) is 6.67. The number of rotatable bonds is 7. The minimum atomic E-state index is 0.335. The van der Waals surface area contributed by atoms with E-state index in [4.69, 9.17) is 0 Å². The van der Waals surface area contributed by atoms with Gasteiger partial charge >= 0.3 is 0 Å². The molecule has 1 aliphatic heterocycles. The molecule has 0 bridgehead atoms. The van der Waals surface area contributed by atoms with Crippen LogP contribution in [0.4, 0.5) is 0 Å². The molecule has 1 fully saturated rings. The molecule has 0 spiro atoms. The van der Waals surface area contributed by atoms with Crippen LogP contribution in [0.5, 0.6) is 0 Å². The molecule has 1 aliphatic rings. The van der Waals surface area contributed by atoms with E-state index in [1.54, 1.807) is 0 Å². The number of benzene rings is 1. The van der Waals surface area contributed by atoms with Gasteiger partial charge in [0, 0.05) is 37.9 Å². The predicted molar refractivity (Wildman–Crippen MR) is 95.6 cm³/mol. The number of aromatic nitrogens is 2. The van der Waals surface area contributed by atoms with Crippen LogP contribution in [0.3, 0.4) is 0 Å². The number of aryl methyl sites for hydroxylation is 2. The zero-order valence-corrected chi connectivity index (χ0v) is 14.3. The fourth-order valence-corrected chi connectivity index (χ4v) is 3.58. The fraction of sp³-hybridized carbons (Fsp3) is 0.500. The third kappa shape index (κ3) is 4.70. The molecule has 128 valence electrons. The van der Waals surface area contributed by atoms with E-state index < -0.39 is 0 Å². The van der Waals surface area contributed by atoms with Crippen molar-refractivity contribution in [1.29, 1.82) is 0 Å². The van der Waals surface area contributed by atoms with Crippen LogP contribution in [0.25, 0.3) is 0 Å². The van der Waals surface area contributed by atoms with E-state index in [0.717, 1.165) is 45.2 Å². The maximum absolute atomic E-state index is 12.7. The zero-order valence-electron chi connectivity index (χ0n) is 14.3. The lowest BCUT2D eigenvalue weighted by Crippen LogP contribution is -2.44. The van der Waals surface area contributed by atoms with Crippen LogP contribution in [0.15, 0.2) is 49.1 Å². The van der Waals surface area contributed by atoms with E-state index in [0.29, 0.717) is 18.4 Å². The summed E-state index contributed by atoms with van der Waals surface area (Å²) in [5.74, 6) is 0.335. The summed E-state index contributed by atoms with van der Waals surface area (Å²) in [7, 11) is 0. The first kappa shape index (κ1) is 16.7. The molecule has 0 N–H and O–H groups in total. The lowest BCUT2D eigenvalue weighted by Gasteiger charge is -2.36. The van der Waals surface area contributed by atoms with Crippen molar-refractivity contribution in [2.45, 2.75) is 57.5 Å². The summed E-state index contributed by atoms with van der Waals surface area (Å²) in [5, 5.41) is 0. The lowest BCUT2D eigenvalue weighted by atomic mass is 9.98. The highest BCUT2D eigenvalue weighted by molar-refractivity contribution is 5.76. The van der Waals surface area contributed by atoms with Gasteiger partial charge < -0.3 is 9.47 Å². The molecule has 1 atom stereocenters. The van der Waals surface area contributed by atoms with Gasteiger partial charge in [0.15, 0.2) is 0 Å². The standard InChI is InChI=1S/C20H27N3O/c24-20(11-6-9-18-7-2-1-3-8-18)23-14-5-4-10-19(23)12-15-22-16-13-21-17-22/h1-3,7-8,13,16-17,19H,4-6,9-12,14-15H2/t19-/m0/s1. The van der Waals surface area contributed by atoms with Crippen LogP contribution >= 0.6 is 0 Å². The van der Waals surface area contributed by atoms with Gasteiger partial charge in [-0.1, -0.05) is 30.3 Å². The molecule has 2 heterocycles. The van der Waals surface area contributed by atoms with E-state index in [-0.39, 0.29) is 0 Å². The van der Waals surface area contributed by atoms with E-state index in [9.17, 15) is 4.79 Å². The molecule has 0 unspecified atom stereocenters. The van der Waals surface area contributed by atoms with Crippen molar-refractivity contribution >= 4 is 5.91 Å². The Bertz CT molecular complexity index is 609. The Hall–Kier alpha value is -2.10. The summed E-state index contributed by atoms with van der Waals surface area (Å²) in [4.78, 5) is 18.9. The van der Waals surface area contributed by atoms with Crippen molar-refractivity contribution in [1.82, 2.24) is 14.5 Å². The number of hydrogen-bond donors (Lipinski definition) is 0. The normalized spacial score (nSPS) is 17.8. The van der Waals surface area contributed by atoms with Crippen LogP contribution < -0.4 is 0 Å². The minimum absolute atomic E-state index is 0.335. The van der Waals surface area contributed by atoms with Gasteiger partial charge in [0.25, 0.3) is 0 Å².